The van der Waals surface area contributed by atoms with Gasteiger partial charge in [-0.1, -0.05) is 0 Å². The van der Waals surface area contributed by atoms with Crippen molar-refractivity contribution in [2.24, 2.45) is 0 Å². The van der Waals surface area contributed by atoms with E-state index in [4.69, 9.17) is 4.74 Å². The van der Waals surface area contributed by atoms with E-state index in [0.29, 0.717) is 17.2 Å². The number of thioether (sulfide) groups is 1. The Bertz CT molecular complexity index is 667. The summed E-state index contributed by atoms with van der Waals surface area (Å²) >= 11 is 2.65. The van der Waals surface area contributed by atoms with Crippen molar-refractivity contribution in [2.75, 3.05) is 24.8 Å². The second kappa shape index (κ2) is 8.59. The quantitative estimate of drug-likeness (QED) is 0.609. The van der Waals surface area contributed by atoms with Crippen LogP contribution in [-0.2, 0) is 9.53 Å². The number of anilines is 1. The lowest BCUT2D eigenvalue weighted by atomic mass is 10.3. The molecule has 7 heteroatoms. The van der Waals surface area contributed by atoms with Gasteiger partial charge in [-0.05, 0) is 42.6 Å². The molecule has 0 spiro atoms. The Morgan fingerprint density at radius 1 is 1.22 bits per heavy atom. The van der Waals surface area contributed by atoms with Gasteiger partial charge in [0, 0.05) is 4.90 Å². The van der Waals surface area contributed by atoms with Crippen LogP contribution in [-0.4, -0.2) is 31.3 Å². The molecule has 0 saturated heterocycles. The Kier molecular flexibility index (Phi) is 6.49. The highest BCUT2D eigenvalue weighted by molar-refractivity contribution is 8.00. The summed E-state index contributed by atoms with van der Waals surface area (Å²) in [5, 5.41) is 4.47. The number of hydrogen-bond acceptors (Lipinski definition) is 6. The summed E-state index contributed by atoms with van der Waals surface area (Å²) in [6.07, 6.45) is 0. The summed E-state index contributed by atoms with van der Waals surface area (Å²) in [6, 6.07) is 9.26. The van der Waals surface area contributed by atoms with Gasteiger partial charge in [0.05, 0.1) is 25.2 Å². The van der Waals surface area contributed by atoms with Crippen molar-refractivity contribution < 1.29 is 19.1 Å². The molecule has 1 N–H and O–H groups in total. The van der Waals surface area contributed by atoms with Crippen molar-refractivity contribution in [3.8, 4) is 5.75 Å². The smallest absolute Gasteiger partial charge is 0.350 e. The Labute approximate surface area is 143 Å². The average Bonchev–Trinajstić information content (AvgIpc) is 3.02. The van der Waals surface area contributed by atoms with Crippen molar-refractivity contribution in [2.45, 2.75) is 11.8 Å². The Hall–Kier alpha value is -1.99. The molecule has 0 aliphatic heterocycles. The van der Waals surface area contributed by atoms with Crippen LogP contribution in [0.2, 0.25) is 0 Å². The second-order valence-electron chi connectivity index (χ2n) is 4.40. The van der Waals surface area contributed by atoms with E-state index in [0.717, 1.165) is 10.6 Å². The lowest BCUT2D eigenvalue weighted by Gasteiger charge is -2.06. The fourth-order valence-electron chi connectivity index (χ4n) is 1.79. The van der Waals surface area contributed by atoms with Gasteiger partial charge in [0.25, 0.3) is 0 Å². The van der Waals surface area contributed by atoms with Crippen LogP contribution in [0, 0.1) is 0 Å². The van der Waals surface area contributed by atoms with Crippen LogP contribution in [0.15, 0.2) is 40.6 Å². The molecule has 1 heterocycles. The molecule has 2 aromatic rings. The van der Waals surface area contributed by atoms with Crippen molar-refractivity contribution in [1.82, 2.24) is 0 Å². The van der Waals surface area contributed by atoms with Gasteiger partial charge in [-0.15, -0.1) is 23.1 Å². The summed E-state index contributed by atoms with van der Waals surface area (Å²) in [5.41, 5.74) is 0.485. The fourth-order valence-corrected chi connectivity index (χ4v) is 3.26. The molecule has 2 rings (SSSR count). The number of thiophene rings is 1. The highest BCUT2D eigenvalue weighted by atomic mass is 32.2. The van der Waals surface area contributed by atoms with Crippen LogP contribution in [0.3, 0.4) is 0 Å². The van der Waals surface area contributed by atoms with Gasteiger partial charge in [0.15, 0.2) is 0 Å². The summed E-state index contributed by atoms with van der Waals surface area (Å²) in [4.78, 5) is 24.9. The van der Waals surface area contributed by atoms with E-state index in [1.165, 1.54) is 30.2 Å². The molecule has 5 nitrogen and oxygen atoms in total. The maximum Gasteiger partial charge on any atom is 0.350 e. The number of ether oxygens (including phenoxy) is 2. The number of rotatable bonds is 7. The van der Waals surface area contributed by atoms with Gasteiger partial charge in [-0.3, -0.25) is 4.79 Å². The number of carbonyl (C=O) groups is 2. The first-order chi connectivity index (χ1) is 11.1. The number of carbonyl (C=O) groups excluding carboxylic acids is 2. The number of esters is 1. The zero-order chi connectivity index (χ0) is 16.7. The third-order valence-electron chi connectivity index (χ3n) is 2.81. The zero-order valence-electron chi connectivity index (χ0n) is 12.8. The van der Waals surface area contributed by atoms with E-state index in [2.05, 4.69) is 10.1 Å². The second-order valence-corrected chi connectivity index (χ2v) is 6.36. The minimum atomic E-state index is -0.450. The first kappa shape index (κ1) is 17.4. The number of nitrogens with one attached hydrogen (secondary N) is 1. The maximum absolute atomic E-state index is 12.0. The summed E-state index contributed by atoms with van der Waals surface area (Å²) < 4.78 is 10.1. The number of amides is 1. The Morgan fingerprint density at radius 2 is 1.96 bits per heavy atom. The predicted octanol–water partition coefficient (Wildman–Crippen LogP) is 3.66. The highest BCUT2D eigenvalue weighted by Crippen LogP contribution is 2.25. The molecule has 1 amide bonds. The van der Waals surface area contributed by atoms with Crippen molar-refractivity contribution in [3.05, 3.63) is 40.6 Å². The van der Waals surface area contributed by atoms with E-state index < -0.39 is 5.97 Å². The Morgan fingerprint density at radius 3 is 2.61 bits per heavy atom. The Balaban J connectivity index is 1.88. The molecule has 1 aromatic carbocycles. The van der Waals surface area contributed by atoms with E-state index in [1.807, 2.05) is 31.2 Å². The van der Waals surface area contributed by atoms with Crippen LogP contribution < -0.4 is 10.1 Å². The SMILES string of the molecule is CCOc1ccc(SCC(=O)Nc2ccsc2C(=O)OC)cc1. The first-order valence-electron chi connectivity index (χ1n) is 6.95. The number of hydrogen-bond donors (Lipinski definition) is 1. The molecular weight excluding hydrogens is 334 g/mol. The molecule has 23 heavy (non-hydrogen) atoms. The molecule has 122 valence electrons. The lowest BCUT2D eigenvalue weighted by molar-refractivity contribution is -0.113. The molecule has 0 aliphatic rings. The predicted molar refractivity (Wildman–Crippen MR) is 92.6 cm³/mol. The summed E-state index contributed by atoms with van der Waals surface area (Å²) in [6.45, 7) is 2.55. The minimum Gasteiger partial charge on any atom is -0.494 e. The van der Waals surface area contributed by atoms with Crippen molar-refractivity contribution in [1.29, 1.82) is 0 Å². The minimum absolute atomic E-state index is 0.174. The van der Waals surface area contributed by atoms with Crippen molar-refractivity contribution >= 4 is 40.7 Å². The first-order valence-corrected chi connectivity index (χ1v) is 8.82. The molecule has 1 aromatic heterocycles. The molecule has 0 bridgehead atoms. The van der Waals surface area contributed by atoms with Crippen LogP contribution >= 0.6 is 23.1 Å². The molecule has 0 radical (unpaired) electrons. The van der Waals surface area contributed by atoms with Gasteiger partial charge in [0.1, 0.15) is 10.6 Å². The molecular formula is C16H17NO4S2. The zero-order valence-corrected chi connectivity index (χ0v) is 14.5. The topological polar surface area (TPSA) is 64.6 Å². The van der Waals surface area contributed by atoms with E-state index in [-0.39, 0.29) is 11.7 Å². The van der Waals surface area contributed by atoms with E-state index in [1.54, 1.807) is 11.4 Å². The third-order valence-corrected chi connectivity index (χ3v) is 4.72. The standard InChI is InChI=1S/C16H17NO4S2/c1-3-21-11-4-6-12(7-5-11)23-10-14(18)17-13-8-9-22-15(13)16(19)20-2/h4-9H,3,10H2,1-2H3,(H,17,18). The van der Waals surface area contributed by atoms with Gasteiger partial charge in [-0.2, -0.15) is 0 Å². The highest BCUT2D eigenvalue weighted by Gasteiger charge is 2.15. The van der Waals surface area contributed by atoms with E-state index >= 15 is 0 Å². The van der Waals surface area contributed by atoms with Crippen LogP contribution in [0.1, 0.15) is 16.6 Å². The summed E-state index contributed by atoms with van der Waals surface area (Å²) in [5.74, 6) is 0.439. The van der Waals surface area contributed by atoms with Gasteiger partial charge >= 0.3 is 5.97 Å². The van der Waals surface area contributed by atoms with Gasteiger partial charge < -0.3 is 14.8 Å². The van der Waals surface area contributed by atoms with Gasteiger partial charge in [-0.25, -0.2) is 4.79 Å². The molecule has 0 saturated carbocycles. The lowest BCUT2D eigenvalue weighted by Crippen LogP contribution is -2.15. The monoisotopic (exact) mass is 351 g/mol. The number of methoxy groups -OCH3 is 1. The molecule has 0 aliphatic carbocycles. The normalized spacial score (nSPS) is 10.2. The van der Waals surface area contributed by atoms with Crippen molar-refractivity contribution in [3.63, 3.8) is 0 Å². The molecule has 0 fully saturated rings. The van der Waals surface area contributed by atoms with Gasteiger partial charge in [0.2, 0.25) is 5.91 Å². The largest absolute Gasteiger partial charge is 0.494 e. The summed E-state index contributed by atoms with van der Waals surface area (Å²) in [7, 11) is 1.31. The third kappa shape index (κ3) is 5.01. The van der Waals surface area contributed by atoms with Crippen LogP contribution in [0.5, 0.6) is 5.75 Å². The fraction of sp³-hybridized carbons (Fsp3) is 0.250. The average molecular weight is 351 g/mol. The molecule has 0 atom stereocenters. The van der Waals surface area contributed by atoms with Crippen LogP contribution in [0.25, 0.3) is 0 Å². The molecule has 0 unspecified atom stereocenters. The maximum atomic E-state index is 12.0. The van der Waals surface area contributed by atoms with Crippen LogP contribution in [0.4, 0.5) is 5.69 Å². The number of benzene rings is 1. The van der Waals surface area contributed by atoms with E-state index in [9.17, 15) is 9.59 Å².